The van der Waals surface area contributed by atoms with E-state index in [9.17, 15) is 18.0 Å². The zero-order valence-electron chi connectivity index (χ0n) is 12.4. The van der Waals surface area contributed by atoms with E-state index in [1.54, 1.807) is 18.5 Å². The number of hydrogen-bond donors (Lipinski definition) is 1. The molecule has 4 nitrogen and oxygen atoms in total. The van der Waals surface area contributed by atoms with Gasteiger partial charge in [-0.15, -0.1) is 0 Å². The van der Waals surface area contributed by atoms with E-state index in [4.69, 9.17) is 9.47 Å². The van der Waals surface area contributed by atoms with Crippen molar-refractivity contribution in [3.05, 3.63) is 29.8 Å². The van der Waals surface area contributed by atoms with E-state index >= 15 is 0 Å². The number of nitrogens with one attached hydrogen (secondary N) is 1. The summed E-state index contributed by atoms with van der Waals surface area (Å²) < 4.78 is 46.2. The number of aryl methyl sites for hydroxylation is 1. The fourth-order valence-corrected chi connectivity index (χ4v) is 1.80. The number of rotatable bonds is 9. The molecule has 124 valence electrons. The molecule has 1 aromatic carbocycles. The Hall–Kier alpha value is -1.76. The number of amides is 1. The first kappa shape index (κ1) is 18.3. The van der Waals surface area contributed by atoms with Crippen molar-refractivity contribution in [3.8, 4) is 5.75 Å². The van der Waals surface area contributed by atoms with Gasteiger partial charge in [0, 0.05) is 13.7 Å². The van der Waals surface area contributed by atoms with Gasteiger partial charge in [-0.2, -0.15) is 13.2 Å². The summed E-state index contributed by atoms with van der Waals surface area (Å²) >= 11 is 0. The molecular weight excluding hydrogens is 299 g/mol. The lowest BCUT2D eigenvalue weighted by atomic mass is 10.1. The molecule has 1 amide bonds. The second kappa shape index (κ2) is 9.30. The van der Waals surface area contributed by atoms with Crippen LogP contribution < -0.4 is 10.1 Å². The van der Waals surface area contributed by atoms with Crippen LogP contribution in [0.3, 0.4) is 0 Å². The molecule has 0 saturated carbocycles. The first-order valence-corrected chi connectivity index (χ1v) is 6.99. The molecule has 0 bridgehead atoms. The van der Waals surface area contributed by atoms with E-state index in [-0.39, 0.29) is 13.2 Å². The maximum absolute atomic E-state index is 12.0. The zero-order valence-corrected chi connectivity index (χ0v) is 12.4. The molecule has 1 N–H and O–H groups in total. The van der Waals surface area contributed by atoms with Crippen molar-refractivity contribution in [1.82, 2.24) is 5.32 Å². The zero-order chi connectivity index (χ0) is 16.4. The summed E-state index contributed by atoms with van der Waals surface area (Å²) in [5, 5.41) is 1.75. The minimum atomic E-state index is -4.86. The summed E-state index contributed by atoms with van der Waals surface area (Å²) in [4.78, 5) is 10.6. The third-order valence-electron chi connectivity index (χ3n) is 2.88. The summed E-state index contributed by atoms with van der Waals surface area (Å²) in [7, 11) is 1.66. The molecule has 1 rings (SSSR count). The van der Waals surface area contributed by atoms with Crippen molar-refractivity contribution in [2.45, 2.75) is 25.4 Å². The average Bonchev–Trinajstić information content (AvgIpc) is 2.47. The van der Waals surface area contributed by atoms with Crippen LogP contribution in [0.1, 0.15) is 18.4 Å². The van der Waals surface area contributed by atoms with Gasteiger partial charge in [0.2, 0.25) is 0 Å². The van der Waals surface area contributed by atoms with Crippen LogP contribution in [0.5, 0.6) is 5.75 Å². The minimum Gasteiger partial charge on any atom is -0.492 e. The molecule has 0 aliphatic carbocycles. The van der Waals surface area contributed by atoms with Crippen LogP contribution in [0.2, 0.25) is 0 Å². The predicted octanol–water partition coefficient (Wildman–Crippen LogP) is 2.71. The second-order valence-electron chi connectivity index (χ2n) is 4.70. The number of carbonyl (C=O) groups is 1. The highest BCUT2D eigenvalue weighted by Gasteiger charge is 2.38. The summed E-state index contributed by atoms with van der Waals surface area (Å²) in [6.07, 6.45) is -2.03. The molecule has 0 aliphatic heterocycles. The van der Waals surface area contributed by atoms with Crippen LogP contribution in [-0.4, -0.2) is 39.0 Å². The van der Waals surface area contributed by atoms with Crippen LogP contribution in [0, 0.1) is 0 Å². The summed E-state index contributed by atoms with van der Waals surface area (Å²) in [5.41, 5.74) is 1.09. The molecule has 1 aromatic rings. The molecule has 0 radical (unpaired) electrons. The largest absolute Gasteiger partial charge is 0.492 e. The van der Waals surface area contributed by atoms with E-state index in [0.717, 1.165) is 31.4 Å². The Morgan fingerprint density at radius 2 is 2.00 bits per heavy atom. The molecule has 0 unspecified atom stereocenters. The molecule has 0 atom stereocenters. The first-order chi connectivity index (χ1) is 10.4. The molecule has 22 heavy (non-hydrogen) atoms. The SMILES string of the molecule is COCCCCc1cccc(OCCNC(=O)C(F)(F)F)c1. The highest BCUT2D eigenvalue weighted by molar-refractivity contribution is 5.81. The van der Waals surface area contributed by atoms with Gasteiger partial charge in [0.1, 0.15) is 12.4 Å². The topological polar surface area (TPSA) is 47.6 Å². The molecule has 0 fully saturated rings. The fraction of sp³-hybridized carbons (Fsp3) is 0.533. The van der Waals surface area contributed by atoms with Gasteiger partial charge in [-0.05, 0) is 37.0 Å². The van der Waals surface area contributed by atoms with E-state index in [1.165, 1.54) is 0 Å². The molecule has 0 aliphatic rings. The number of carbonyl (C=O) groups excluding carboxylic acids is 1. The highest BCUT2D eigenvalue weighted by atomic mass is 19.4. The third-order valence-corrected chi connectivity index (χ3v) is 2.88. The maximum atomic E-state index is 12.0. The lowest BCUT2D eigenvalue weighted by Gasteiger charge is -2.10. The predicted molar refractivity (Wildman–Crippen MR) is 75.8 cm³/mol. The highest BCUT2D eigenvalue weighted by Crippen LogP contribution is 2.16. The number of benzene rings is 1. The maximum Gasteiger partial charge on any atom is 0.471 e. The number of halogens is 3. The molecule has 7 heteroatoms. The van der Waals surface area contributed by atoms with Crippen LogP contribution in [0.15, 0.2) is 24.3 Å². The van der Waals surface area contributed by atoms with Gasteiger partial charge < -0.3 is 14.8 Å². The normalized spacial score (nSPS) is 11.3. The number of methoxy groups -OCH3 is 1. The number of unbranched alkanes of at least 4 members (excludes halogenated alkanes) is 1. The molecule has 0 saturated heterocycles. The molecular formula is C15H20F3NO3. The van der Waals surface area contributed by atoms with Crippen LogP contribution in [-0.2, 0) is 16.0 Å². The fourth-order valence-electron chi connectivity index (χ4n) is 1.80. The minimum absolute atomic E-state index is 0.0189. The third kappa shape index (κ3) is 7.31. The Kier molecular flexibility index (Phi) is 7.73. The van der Waals surface area contributed by atoms with Crippen molar-refractivity contribution in [3.63, 3.8) is 0 Å². The smallest absolute Gasteiger partial charge is 0.471 e. The van der Waals surface area contributed by atoms with Crippen LogP contribution >= 0.6 is 0 Å². The molecule has 0 aromatic heterocycles. The van der Waals surface area contributed by atoms with Crippen molar-refractivity contribution >= 4 is 5.91 Å². The van der Waals surface area contributed by atoms with Gasteiger partial charge in [-0.1, -0.05) is 12.1 Å². The van der Waals surface area contributed by atoms with Crippen molar-refractivity contribution in [1.29, 1.82) is 0 Å². The Labute approximate surface area is 127 Å². The monoisotopic (exact) mass is 319 g/mol. The number of hydrogen-bond acceptors (Lipinski definition) is 3. The standard InChI is InChI=1S/C15H20F3NO3/c1-21-9-3-2-5-12-6-4-7-13(11-12)22-10-8-19-14(20)15(16,17)18/h4,6-7,11H,2-3,5,8-10H2,1H3,(H,19,20). The Morgan fingerprint density at radius 3 is 2.68 bits per heavy atom. The van der Waals surface area contributed by atoms with Gasteiger partial charge in [-0.25, -0.2) is 0 Å². The van der Waals surface area contributed by atoms with Crippen LogP contribution in [0.25, 0.3) is 0 Å². The van der Waals surface area contributed by atoms with E-state index in [1.807, 2.05) is 18.2 Å². The Bertz CT molecular complexity index is 464. The second-order valence-corrected chi connectivity index (χ2v) is 4.70. The van der Waals surface area contributed by atoms with Gasteiger partial charge >= 0.3 is 12.1 Å². The Balaban J connectivity index is 2.30. The van der Waals surface area contributed by atoms with Crippen molar-refractivity contribution in [2.24, 2.45) is 0 Å². The van der Waals surface area contributed by atoms with Crippen molar-refractivity contribution < 1.29 is 27.4 Å². The van der Waals surface area contributed by atoms with Crippen molar-refractivity contribution in [2.75, 3.05) is 26.9 Å². The van der Waals surface area contributed by atoms with Gasteiger partial charge in [0.25, 0.3) is 0 Å². The number of alkyl halides is 3. The summed E-state index contributed by atoms with van der Waals surface area (Å²) in [6, 6.07) is 7.36. The molecule has 0 heterocycles. The Morgan fingerprint density at radius 1 is 1.23 bits per heavy atom. The summed E-state index contributed by atoms with van der Waals surface area (Å²) in [5.74, 6) is -1.38. The van der Waals surface area contributed by atoms with Gasteiger partial charge in [0.05, 0.1) is 6.54 Å². The lowest BCUT2D eigenvalue weighted by molar-refractivity contribution is -0.173. The first-order valence-electron chi connectivity index (χ1n) is 6.99. The van der Waals surface area contributed by atoms with E-state index in [0.29, 0.717) is 5.75 Å². The number of ether oxygens (including phenoxy) is 2. The van der Waals surface area contributed by atoms with E-state index < -0.39 is 12.1 Å². The van der Waals surface area contributed by atoms with Crippen LogP contribution in [0.4, 0.5) is 13.2 Å². The lowest BCUT2D eigenvalue weighted by Crippen LogP contribution is -2.38. The summed E-state index contributed by atoms with van der Waals surface area (Å²) in [6.45, 7) is 0.500. The quantitative estimate of drug-likeness (QED) is 0.712. The molecule has 0 spiro atoms. The average molecular weight is 319 g/mol. The van der Waals surface area contributed by atoms with Gasteiger partial charge in [0.15, 0.2) is 0 Å². The van der Waals surface area contributed by atoms with Gasteiger partial charge in [-0.3, -0.25) is 4.79 Å². The van der Waals surface area contributed by atoms with E-state index in [2.05, 4.69) is 0 Å².